The number of aromatic carboxylic acids is 1. The maximum atomic E-state index is 15.0. The smallest absolute Gasteiger partial charge is 0.341 e. The van der Waals surface area contributed by atoms with E-state index in [4.69, 9.17) is 0 Å². The number of likely N-dealkylation sites (N-methyl/N-ethyl adjacent to an activating group) is 1. The van der Waals surface area contributed by atoms with Crippen molar-refractivity contribution in [3.8, 4) is 0 Å². The molecule has 2 saturated heterocycles. The van der Waals surface area contributed by atoms with Crippen molar-refractivity contribution in [1.82, 2.24) is 9.58 Å². The molecule has 2 aromatic rings. The van der Waals surface area contributed by atoms with Crippen molar-refractivity contribution in [2.75, 3.05) is 43.1 Å². The van der Waals surface area contributed by atoms with Crippen LogP contribution in [0.2, 0.25) is 0 Å². The molecule has 0 bridgehead atoms. The van der Waals surface area contributed by atoms with E-state index in [-0.39, 0.29) is 22.0 Å². The van der Waals surface area contributed by atoms with E-state index in [9.17, 15) is 14.7 Å². The van der Waals surface area contributed by atoms with Gasteiger partial charge < -0.3 is 14.9 Å². The van der Waals surface area contributed by atoms with Crippen molar-refractivity contribution in [2.45, 2.75) is 38.8 Å². The van der Waals surface area contributed by atoms with Crippen molar-refractivity contribution in [3.05, 3.63) is 39.9 Å². The number of carboxylic acid groups (broad SMARTS) is 1. The molecule has 0 atom stereocenters. The van der Waals surface area contributed by atoms with Crippen molar-refractivity contribution in [3.63, 3.8) is 0 Å². The van der Waals surface area contributed by atoms with E-state index < -0.39 is 17.2 Å². The third-order valence-corrected chi connectivity index (χ3v) is 6.85. The third kappa shape index (κ3) is 2.80. The zero-order chi connectivity index (χ0) is 21.3. The van der Waals surface area contributed by atoms with Gasteiger partial charge in [-0.3, -0.25) is 14.5 Å². The monoisotopic (exact) mass is 402 g/mol. The molecule has 0 radical (unpaired) electrons. The number of carbonyl (C=O) groups is 1. The Hall–Kier alpha value is -2.61. The molecule has 3 heterocycles. The number of aromatic nitrogens is 1. The summed E-state index contributed by atoms with van der Waals surface area (Å²) in [5.41, 5.74) is -0.540. The van der Waals surface area contributed by atoms with Crippen molar-refractivity contribution < 1.29 is 14.3 Å². The largest absolute Gasteiger partial charge is 0.477 e. The normalized spacial score (nSPS) is 20.9. The van der Waals surface area contributed by atoms with Gasteiger partial charge in [-0.15, -0.1) is 0 Å². The number of rotatable bonds is 3. The summed E-state index contributed by atoms with van der Waals surface area (Å²) >= 11 is 0. The predicted molar refractivity (Wildman–Crippen MR) is 111 cm³/mol. The molecule has 1 aromatic heterocycles. The Balaban J connectivity index is 1.95. The van der Waals surface area contributed by atoms with Crippen LogP contribution >= 0.6 is 0 Å². The molecule has 0 saturated carbocycles. The van der Waals surface area contributed by atoms with Gasteiger partial charge in [-0.2, -0.15) is 0 Å². The second-order valence-corrected chi connectivity index (χ2v) is 9.06. The van der Waals surface area contributed by atoms with Gasteiger partial charge in [0.2, 0.25) is 5.43 Å². The molecule has 29 heavy (non-hydrogen) atoms. The fourth-order valence-corrected chi connectivity index (χ4v) is 4.36. The second-order valence-electron chi connectivity index (χ2n) is 9.06. The highest BCUT2D eigenvalue weighted by atomic mass is 19.1. The Kier molecular flexibility index (Phi) is 4.21. The molecular formula is C21H27FN4O3. The summed E-state index contributed by atoms with van der Waals surface area (Å²) in [6, 6.07) is 2.88. The van der Waals surface area contributed by atoms with Crippen LogP contribution in [-0.2, 0) is 0 Å². The average Bonchev–Trinajstić information content (AvgIpc) is 3.05. The summed E-state index contributed by atoms with van der Waals surface area (Å²) in [5.74, 6) is -1.82. The van der Waals surface area contributed by atoms with Gasteiger partial charge in [0.05, 0.1) is 27.7 Å². The maximum absolute atomic E-state index is 15.0. The first-order chi connectivity index (χ1) is 13.5. The third-order valence-electron chi connectivity index (χ3n) is 6.85. The van der Waals surface area contributed by atoms with Crippen LogP contribution in [0, 0.1) is 5.82 Å². The molecule has 1 N–H and O–H groups in total. The van der Waals surface area contributed by atoms with E-state index in [1.165, 1.54) is 12.3 Å². The first-order valence-corrected chi connectivity index (χ1v) is 9.83. The molecule has 0 amide bonds. The van der Waals surface area contributed by atoms with E-state index in [0.29, 0.717) is 24.3 Å². The first-order valence-electron chi connectivity index (χ1n) is 9.83. The Morgan fingerprint density at radius 3 is 2.17 bits per heavy atom. The minimum atomic E-state index is -1.31. The van der Waals surface area contributed by atoms with Gasteiger partial charge in [0, 0.05) is 32.4 Å². The van der Waals surface area contributed by atoms with E-state index >= 15 is 4.39 Å². The van der Waals surface area contributed by atoms with Crippen molar-refractivity contribution in [2.24, 2.45) is 0 Å². The first kappa shape index (κ1) is 19.7. The topological polar surface area (TPSA) is 68.8 Å². The van der Waals surface area contributed by atoms with Gasteiger partial charge in [0.1, 0.15) is 11.4 Å². The lowest BCUT2D eigenvalue weighted by molar-refractivity contribution is 0.0695. The fourth-order valence-electron chi connectivity index (χ4n) is 4.36. The summed E-state index contributed by atoms with van der Waals surface area (Å²) in [6.45, 7) is 11.3. The van der Waals surface area contributed by atoms with E-state index in [1.54, 1.807) is 10.7 Å². The minimum absolute atomic E-state index is 0.0822. The molecule has 2 fully saturated rings. The number of fused-ring (bicyclic) bond motifs is 1. The number of halogens is 1. The Labute approximate surface area is 168 Å². The Morgan fingerprint density at radius 1 is 1.07 bits per heavy atom. The number of benzene rings is 1. The van der Waals surface area contributed by atoms with Gasteiger partial charge in [-0.25, -0.2) is 9.18 Å². The van der Waals surface area contributed by atoms with Crippen LogP contribution in [0.4, 0.5) is 10.1 Å². The highest BCUT2D eigenvalue weighted by Gasteiger charge is 2.64. The number of carboxylic acids is 1. The van der Waals surface area contributed by atoms with Crippen molar-refractivity contribution >= 4 is 22.6 Å². The number of anilines is 1. The standard InChI is InChI=1S/C21H27FN4O3/c1-20(2)21(3,4)26(20)25-12-14(19(28)29)18(27)13-10-15(22)17(11-16(13)25)24-8-6-23(5)7-9-24/h10-12H,6-9H2,1-5H3,(H,28,29). The second kappa shape index (κ2) is 6.19. The number of piperazine rings is 1. The SMILES string of the molecule is CN1CCN(c2cc3c(cc2F)c(=O)c(C(=O)O)cn3N2C(C)(C)C2(C)C)CC1. The summed E-state index contributed by atoms with van der Waals surface area (Å²) < 4.78 is 16.7. The quantitative estimate of drug-likeness (QED) is 0.793. The Bertz CT molecular complexity index is 1050. The fraction of sp³-hybridized carbons (Fsp3) is 0.524. The minimum Gasteiger partial charge on any atom is -0.477 e. The van der Waals surface area contributed by atoms with Crippen LogP contribution in [0.5, 0.6) is 0 Å². The van der Waals surface area contributed by atoms with Gasteiger partial charge in [0.15, 0.2) is 0 Å². The lowest BCUT2D eigenvalue weighted by Gasteiger charge is -2.34. The molecule has 2 aliphatic heterocycles. The van der Waals surface area contributed by atoms with Crippen LogP contribution in [0.15, 0.2) is 23.1 Å². The predicted octanol–water partition coefficient (Wildman–Crippen LogP) is 2.10. The van der Waals surface area contributed by atoms with Gasteiger partial charge in [0.25, 0.3) is 0 Å². The highest BCUT2D eigenvalue weighted by molar-refractivity contribution is 5.94. The average molecular weight is 402 g/mol. The molecular weight excluding hydrogens is 375 g/mol. The van der Waals surface area contributed by atoms with E-state index in [2.05, 4.69) is 32.6 Å². The highest BCUT2D eigenvalue weighted by Crippen LogP contribution is 2.49. The molecule has 0 unspecified atom stereocenters. The molecule has 8 heteroatoms. The maximum Gasteiger partial charge on any atom is 0.341 e. The molecule has 4 rings (SSSR count). The molecule has 1 aromatic carbocycles. The number of nitrogens with zero attached hydrogens (tertiary/aromatic N) is 4. The van der Waals surface area contributed by atoms with Crippen LogP contribution in [0.25, 0.3) is 10.9 Å². The number of hydrogen-bond acceptors (Lipinski definition) is 5. The lowest BCUT2D eigenvalue weighted by Crippen LogP contribution is -2.44. The van der Waals surface area contributed by atoms with Gasteiger partial charge in [-0.1, -0.05) is 0 Å². The molecule has 156 valence electrons. The van der Waals surface area contributed by atoms with Crippen LogP contribution < -0.4 is 15.3 Å². The van der Waals surface area contributed by atoms with E-state index in [0.717, 1.165) is 13.1 Å². The summed E-state index contributed by atoms with van der Waals surface area (Å²) in [5, 5.41) is 11.6. The number of pyridine rings is 1. The van der Waals surface area contributed by atoms with Crippen LogP contribution in [0.3, 0.4) is 0 Å². The Morgan fingerprint density at radius 2 is 1.66 bits per heavy atom. The van der Waals surface area contributed by atoms with Gasteiger partial charge in [-0.05, 0) is 46.9 Å². The molecule has 2 aliphatic rings. The zero-order valence-electron chi connectivity index (χ0n) is 17.5. The van der Waals surface area contributed by atoms with E-state index in [1.807, 2.05) is 17.0 Å². The number of hydrogen-bond donors (Lipinski definition) is 1. The molecule has 7 nitrogen and oxygen atoms in total. The summed E-state index contributed by atoms with van der Waals surface area (Å²) in [7, 11) is 2.03. The van der Waals surface area contributed by atoms with Gasteiger partial charge >= 0.3 is 5.97 Å². The van der Waals surface area contributed by atoms with Crippen LogP contribution in [-0.4, -0.2) is 65.0 Å². The van der Waals surface area contributed by atoms with Crippen molar-refractivity contribution in [1.29, 1.82) is 0 Å². The molecule has 0 spiro atoms. The summed E-state index contributed by atoms with van der Waals surface area (Å²) in [4.78, 5) is 28.6. The zero-order valence-corrected chi connectivity index (χ0v) is 17.5. The lowest BCUT2D eigenvalue weighted by atomic mass is 10.0. The van der Waals surface area contributed by atoms with Crippen LogP contribution in [0.1, 0.15) is 38.1 Å². The summed E-state index contributed by atoms with van der Waals surface area (Å²) in [6.07, 6.45) is 1.37. The molecule has 0 aliphatic carbocycles.